The van der Waals surface area contributed by atoms with E-state index in [1.165, 1.54) is 0 Å². The number of anilines is 2. The van der Waals surface area contributed by atoms with Crippen LogP contribution in [-0.4, -0.2) is 29.0 Å². The summed E-state index contributed by atoms with van der Waals surface area (Å²) in [7, 11) is 1.55. The number of aromatic amines is 1. The lowest BCUT2D eigenvalue weighted by Gasteiger charge is -2.12. The predicted molar refractivity (Wildman–Crippen MR) is 120 cm³/mol. The van der Waals surface area contributed by atoms with Gasteiger partial charge in [-0.05, 0) is 54.4 Å². The van der Waals surface area contributed by atoms with Gasteiger partial charge in [-0.2, -0.15) is 0 Å². The quantitative estimate of drug-likeness (QED) is 0.388. The zero-order valence-corrected chi connectivity index (χ0v) is 17.0. The number of hydrogen-bond donors (Lipinski definition) is 4. The summed E-state index contributed by atoms with van der Waals surface area (Å²) in [6.45, 7) is 1.93. The van der Waals surface area contributed by atoms with Crippen LogP contribution in [0.2, 0.25) is 0 Å². The van der Waals surface area contributed by atoms with Crippen molar-refractivity contribution in [1.82, 2.24) is 9.97 Å². The summed E-state index contributed by atoms with van der Waals surface area (Å²) in [5, 5.41) is 6.38. The van der Waals surface area contributed by atoms with Gasteiger partial charge in [0.25, 0.3) is 5.91 Å². The van der Waals surface area contributed by atoms with Crippen LogP contribution in [0.3, 0.4) is 0 Å². The van der Waals surface area contributed by atoms with E-state index in [0.29, 0.717) is 34.0 Å². The minimum atomic E-state index is -0.568. The first-order valence-corrected chi connectivity index (χ1v) is 9.56. The molecule has 0 saturated heterocycles. The molecule has 8 heteroatoms. The lowest BCUT2D eigenvalue weighted by Crippen LogP contribution is -2.19. The molecule has 0 bridgehead atoms. The molecule has 8 nitrogen and oxygen atoms in total. The van der Waals surface area contributed by atoms with Crippen LogP contribution < -0.4 is 21.1 Å². The minimum absolute atomic E-state index is 0.290. The number of rotatable bonds is 5. The van der Waals surface area contributed by atoms with Gasteiger partial charge in [-0.15, -0.1) is 0 Å². The van der Waals surface area contributed by atoms with Crippen LogP contribution in [-0.2, 0) is 0 Å². The van der Waals surface area contributed by atoms with Crippen molar-refractivity contribution in [3.63, 3.8) is 0 Å². The van der Waals surface area contributed by atoms with Gasteiger partial charge in [0.05, 0.1) is 12.8 Å². The van der Waals surface area contributed by atoms with E-state index >= 15 is 0 Å². The Balaban J connectivity index is 1.57. The van der Waals surface area contributed by atoms with E-state index in [2.05, 4.69) is 20.6 Å². The van der Waals surface area contributed by atoms with Crippen molar-refractivity contribution in [1.29, 1.82) is 0 Å². The van der Waals surface area contributed by atoms with Crippen LogP contribution in [0.15, 0.2) is 60.8 Å². The Labute approximate surface area is 178 Å². The van der Waals surface area contributed by atoms with Gasteiger partial charge in [-0.25, -0.2) is 9.78 Å². The predicted octanol–water partition coefficient (Wildman–Crippen LogP) is 4.29. The molecule has 0 aliphatic carbocycles. The highest BCUT2D eigenvalue weighted by Crippen LogP contribution is 2.32. The lowest BCUT2D eigenvalue weighted by atomic mass is 10.0. The van der Waals surface area contributed by atoms with Crippen molar-refractivity contribution in [2.24, 2.45) is 5.73 Å². The summed E-state index contributed by atoms with van der Waals surface area (Å²) in [6, 6.07) is 15.9. The highest BCUT2D eigenvalue weighted by atomic mass is 16.5. The van der Waals surface area contributed by atoms with Gasteiger partial charge < -0.3 is 26.1 Å². The molecule has 0 fully saturated rings. The molecular formula is C23H21N5O3. The third-order valence-corrected chi connectivity index (χ3v) is 4.85. The molecule has 5 N–H and O–H groups in total. The number of H-pyrrole nitrogens is 1. The molecule has 0 unspecified atom stereocenters. The fourth-order valence-corrected chi connectivity index (χ4v) is 3.43. The van der Waals surface area contributed by atoms with Gasteiger partial charge in [0, 0.05) is 22.8 Å². The van der Waals surface area contributed by atoms with Crippen molar-refractivity contribution in [2.75, 3.05) is 17.7 Å². The highest BCUT2D eigenvalue weighted by molar-refractivity contribution is 6.08. The van der Waals surface area contributed by atoms with E-state index in [-0.39, 0.29) is 0 Å². The Kier molecular flexibility index (Phi) is 5.28. The number of benzene rings is 2. The number of amides is 3. The molecule has 4 rings (SSSR count). The summed E-state index contributed by atoms with van der Waals surface area (Å²) in [5.41, 5.74) is 10.0. The first-order valence-electron chi connectivity index (χ1n) is 9.56. The third kappa shape index (κ3) is 4.04. The standard InChI is InChI=1S/C23H21N5O3/c1-13-5-10-18(31-2)17(12-13)27-23(30)26-15-8-6-14(7-9-15)19-16-4-3-11-25-22(16)28-20(19)21(24)29/h3-12H,1-2H3,(H2,24,29)(H,25,28)(H2,26,27,30). The topological polar surface area (TPSA) is 122 Å². The number of hydrogen-bond acceptors (Lipinski definition) is 4. The number of carbonyl (C=O) groups is 2. The monoisotopic (exact) mass is 415 g/mol. The van der Waals surface area contributed by atoms with Gasteiger partial charge in [0.15, 0.2) is 0 Å². The number of pyridine rings is 1. The zero-order chi connectivity index (χ0) is 22.0. The molecule has 2 heterocycles. The molecule has 31 heavy (non-hydrogen) atoms. The molecule has 0 saturated carbocycles. The number of aromatic nitrogens is 2. The minimum Gasteiger partial charge on any atom is -0.495 e. The molecular weight excluding hydrogens is 394 g/mol. The van der Waals surface area contributed by atoms with Gasteiger partial charge in [-0.3, -0.25) is 4.79 Å². The Morgan fingerprint density at radius 3 is 2.55 bits per heavy atom. The molecule has 4 aromatic rings. The van der Waals surface area contributed by atoms with E-state index in [1.54, 1.807) is 37.6 Å². The van der Waals surface area contributed by atoms with Crippen LogP contribution in [0, 0.1) is 6.92 Å². The largest absolute Gasteiger partial charge is 0.495 e. The number of urea groups is 1. The highest BCUT2D eigenvalue weighted by Gasteiger charge is 2.18. The van der Waals surface area contributed by atoms with E-state index in [0.717, 1.165) is 16.5 Å². The molecule has 0 spiro atoms. The number of aryl methyl sites for hydroxylation is 1. The average Bonchev–Trinajstić information content (AvgIpc) is 3.14. The van der Waals surface area contributed by atoms with Crippen LogP contribution in [0.4, 0.5) is 16.2 Å². The van der Waals surface area contributed by atoms with Gasteiger partial charge in [-0.1, -0.05) is 18.2 Å². The number of methoxy groups -OCH3 is 1. The van der Waals surface area contributed by atoms with E-state index in [1.807, 2.05) is 37.3 Å². The Hall–Kier alpha value is -4.33. The maximum Gasteiger partial charge on any atom is 0.323 e. The smallest absolute Gasteiger partial charge is 0.323 e. The number of nitrogens with zero attached hydrogens (tertiary/aromatic N) is 1. The molecule has 156 valence electrons. The summed E-state index contributed by atoms with van der Waals surface area (Å²) >= 11 is 0. The molecule has 2 aromatic heterocycles. The van der Waals surface area contributed by atoms with Crippen LogP contribution in [0.25, 0.3) is 22.2 Å². The second kappa shape index (κ2) is 8.19. The fourth-order valence-electron chi connectivity index (χ4n) is 3.43. The third-order valence-electron chi connectivity index (χ3n) is 4.85. The van der Waals surface area contributed by atoms with Crippen LogP contribution in [0.1, 0.15) is 16.1 Å². The van der Waals surface area contributed by atoms with Gasteiger partial charge in [0.2, 0.25) is 0 Å². The molecule has 0 atom stereocenters. The van der Waals surface area contributed by atoms with Crippen molar-refractivity contribution in [3.05, 3.63) is 72.1 Å². The first kappa shape index (κ1) is 20.0. The molecule has 0 aliphatic rings. The average molecular weight is 415 g/mol. The normalized spacial score (nSPS) is 10.6. The molecule has 2 aromatic carbocycles. The van der Waals surface area contributed by atoms with Gasteiger partial charge in [0.1, 0.15) is 17.1 Å². The zero-order valence-electron chi connectivity index (χ0n) is 17.0. The second-order valence-electron chi connectivity index (χ2n) is 7.00. The second-order valence-corrected chi connectivity index (χ2v) is 7.00. The SMILES string of the molecule is COc1ccc(C)cc1NC(=O)Nc1ccc(-c2c(C(N)=O)[nH]c3ncccc23)cc1. The number of carbonyl (C=O) groups excluding carboxylic acids is 2. The van der Waals surface area contributed by atoms with E-state index in [4.69, 9.17) is 10.5 Å². The fraction of sp³-hybridized carbons (Fsp3) is 0.0870. The maximum atomic E-state index is 12.4. The Morgan fingerprint density at radius 1 is 1.06 bits per heavy atom. The molecule has 0 aliphatic heterocycles. The van der Waals surface area contributed by atoms with Crippen LogP contribution in [0.5, 0.6) is 5.75 Å². The lowest BCUT2D eigenvalue weighted by molar-refractivity contribution is 0.0997. The number of fused-ring (bicyclic) bond motifs is 1. The maximum absolute atomic E-state index is 12.4. The van der Waals surface area contributed by atoms with Crippen molar-refractivity contribution in [2.45, 2.75) is 6.92 Å². The number of primary amides is 1. The molecule has 3 amide bonds. The van der Waals surface area contributed by atoms with Crippen molar-refractivity contribution >= 4 is 34.3 Å². The Morgan fingerprint density at radius 2 is 1.84 bits per heavy atom. The summed E-state index contributed by atoms with van der Waals surface area (Å²) in [6.07, 6.45) is 1.64. The van der Waals surface area contributed by atoms with Crippen molar-refractivity contribution in [3.8, 4) is 16.9 Å². The van der Waals surface area contributed by atoms with Crippen LogP contribution >= 0.6 is 0 Å². The Bertz CT molecular complexity index is 1280. The molecule has 0 radical (unpaired) electrons. The number of nitrogens with one attached hydrogen (secondary N) is 3. The van der Waals surface area contributed by atoms with E-state index < -0.39 is 11.9 Å². The number of ether oxygens (including phenoxy) is 1. The van der Waals surface area contributed by atoms with Gasteiger partial charge >= 0.3 is 6.03 Å². The first-order chi connectivity index (χ1) is 15.0. The number of nitrogens with two attached hydrogens (primary N) is 1. The van der Waals surface area contributed by atoms with E-state index in [9.17, 15) is 9.59 Å². The summed E-state index contributed by atoms with van der Waals surface area (Å²) in [5.74, 6) is 0.00436. The van der Waals surface area contributed by atoms with Crippen molar-refractivity contribution < 1.29 is 14.3 Å². The summed E-state index contributed by atoms with van der Waals surface area (Å²) < 4.78 is 5.29. The summed E-state index contributed by atoms with van der Waals surface area (Å²) in [4.78, 5) is 31.6.